The first kappa shape index (κ1) is 18.3. The second-order valence-corrected chi connectivity index (χ2v) is 8.21. The van der Waals surface area contributed by atoms with Crippen LogP contribution in [0.2, 0.25) is 0 Å². The van der Waals surface area contributed by atoms with Crippen LogP contribution in [0.15, 0.2) is 24.3 Å². The Labute approximate surface area is 153 Å². The van der Waals surface area contributed by atoms with Gasteiger partial charge in [0, 0.05) is 43.2 Å². The molecule has 6 heteroatoms. The number of benzene rings is 1. The van der Waals surface area contributed by atoms with E-state index in [-0.39, 0.29) is 5.91 Å². The normalized spacial score (nSPS) is 21.1. The highest BCUT2D eigenvalue weighted by atomic mass is 32.2. The molecule has 0 spiro atoms. The molecule has 1 unspecified atom stereocenters. The summed E-state index contributed by atoms with van der Waals surface area (Å²) in [5, 5.41) is 9.74. The Morgan fingerprint density at radius 2 is 1.84 bits per heavy atom. The van der Waals surface area contributed by atoms with Gasteiger partial charge >= 0.3 is 5.97 Å². The molecule has 0 saturated carbocycles. The summed E-state index contributed by atoms with van der Waals surface area (Å²) in [7, 11) is 0. The zero-order valence-corrected chi connectivity index (χ0v) is 15.5. The van der Waals surface area contributed by atoms with Crippen molar-refractivity contribution < 1.29 is 14.7 Å². The summed E-state index contributed by atoms with van der Waals surface area (Å²) < 4.78 is 0. The molecule has 25 heavy (non-hydrogen) atoms. The molecule has 2 fully saturated rings. The van der Waals surface area contributed by atoms with Crippen molar-refractivity contribution in [2.45, 2.75) is 25.8 Å². The van der Waals surface area contributed by atoms with Crippen LogP contribution in [0, 0.1) is 5.92 Å². The first-order chi connectivity index (χ1) is 12.1. The molecule has 1 atom stereocenters. The summed E-state index contributed by atoms with van der Waals surface area (Å²) in [4.78, 5) is 28.6. The maximum atomic E-state index is 12.8. The number of amides is 1. The van der Waals surface area contributed by atoms with E-state index in [2.05, 4.69) is 6.92 Å². The lowest BCUT2D eigenvalue weighted by Crippen LogP contribution is -2.40. The number of carbonyl (C=O) groups is 2. The van der Waals surface area contributed by atoms with Crippen LogP contribution in [0.4, 0.5) is 0 Å². The lowest BCUT2D eigenvalue weighted by atomic mass is 9.97. The molecule has 0 radical (unpaired) electrons. The summed E-state index contributed by atoms with van der Waals surface area (Å²) in [6.07, 6.45) is 2.07. The van der Waals surface area contributed by atoms with Crippen LogP contribution in [-0.2, 0) is 4.79 Å². The van der Waals surface area contributed by atoms with Crippen LogP contribution < -0.4 is 0 Å². The molecule has 2 saturated heterocycles. The van der Waals surface area contributed by atoms with E-state index >= 15 is 0 Å². The third-order valence-corrected chi connectivity index (χ3v) is 6.11. The van der Waals surface area contributed by atoms with Crippen molar-refractivity contribution in [2.75, 3.05) is 37.7 Å². The lowest BCUT2D eigenvalue weighted by Gasteiger charge is -2.32. The van der Waals surface area contributed by atoms with Crippen molar-refractivity contribution in [3.05, 3.63) is 35.4 Å². The van der Waals surface area contributed by atoms with E-state index in [4.69, 9.17) is 0 Å². The van der Waals surface area contributed by atoms with Crippen molar-refractivity contribution in [1.29, 1.82) is 0 Å². The predicted molar refractivity (Wildman–Crippen MR) is 100 cm³/mol. The monoisotopic (exact) mass is 362 g/mol. The fraction of sp³-hybridized carbons (Fsp3) is 0.579. The van der Waals surface area contributed by atoms with E-state index in [9.17, 15) is 14.7 Å². The first-order valence-corrected chi connectivity index (χ1v) is 10.2. The van der Waals surface area contributed by atoms with Crippen molar-refractivity contribution in [2.24, 2.45) is 5.92 Å². The summed E-state index contributed by atoms with van der Waals surface area (Å²) >= 11 is 1.85. The largest absolute Gasteiger partial charge is 0.480 e. The predicted octanol–water partition coefficient (Wildman–Crippen LogP) is 2.73. The average Bonchev–Trinajstić information content (AvgIpc) is 2.63. The Kier molecular flexibility index (Phi) is 6.02. The Morgan fingerprint density at radius 3 is 2.48 bits per heavy atom. The van der Waals surface area contributed by atoms with E-state index in [1.807, 2.05) is 33.7 Å². The van der Waals surface area contributed by atoms with E-state index in [0.717, 1.165) is 50.5 Å². The molecule has 0 aliphatic carbocycles. The second-order valence-electron chi connectivity index (χ2n) is 6.99. The molecule has 5 nitrogen and oxygen atoms in total. The van der Waals surface area contributed by atoms with Crippen LogP contribution in [0.1, 0.15) is 41.7 Å². The highest BCUT2D eigenvalue weighted by Gasteiger charge is 2.29. The number of rotatable bonds is 4. The third-order valence-electron chi connectivity index (χ3n) is 5.16. The lowest BCUT2D eigenvalue weighted by molar-refractivity contribution is -0.143. The Bertz CT molecular complexity index is 623. The molecule has 2 heterocycles. The number of aliphatic carboxylic acids is 1. The quantitative estimate of drug-likeness (QED) is 0.892. The zero-order valence-electron chi connectivity index (χ0n) is 14.7. The highest BCUT2D eigenvalue weighted by Crippen LogP contribution is 2.26. The van der Waals surface area contributed by atoms with Gasteiger partial charge in [0.2, 0.25) is 0 Å². The van der Waals surface area contributed by atoms with Gasteiger partial charge in [0.15, 0.2) is 0 Å². The van der Waals surface area contributed by atoms with Gasteiger partial charge in [-0.05, 0) is 36.5 Å². The zero-order chi connectivity index (χ0) is 17.8. The first-order valence-electron chi connectivity index (χ1n) is 9.00. The molecule has 2 aliphatic rings. The van der Waals surface area contributed by atoms with E-state index < -0.39 is 12.0 Å². The standard InChI is InChI=1S/C19H26N2O3S/c1-14-5-7-21(8-6-14)18(22)16-4-2-3-15(13-16)17(19(23)24)20-9-11-25-12-10-20/h2-4,13-14,17H,5-12H2,1H3,(H,23,24). The van der Waals surface area contributed by atoms with Crippen molar-refractivity contribution >= 4 is 23.6 Å². The van der Waals surface area contributed by atoms with Crippen LogP contribution in [0.3, 0.4) is 0 Å². The molecule has 3 rings (SSSR count). The minimum absolute atomic E-state index is 0.0205. The number of carboxylic acids is 1. The van der Waals surface area contributed by atoms with Gasteiger partial charge in [-0.3, -0.25) is 14.5 Å². The smallest absolute Gasteiger partial charge is 0.325 e. The van der Waals surface area contributed by atoms with Crippen LogP contribution in [0.25, 0.3) is 0 Å². The molecule has 1 aromatic carbocycles. The number of carbonyl (C=O) groups excluding carboxylic acids is 1. The Morgan fingerprint density at radius 1 is 1.16 bits per heavy atom. The number of hydrogen-bond acceptors (Lipinski definition) is 4. The summed E-state index contributed by atoms with van der Waals surface area (Å²) in [6.45, 7) is 5.33. The topological polar surface area (TPSA) is 60.9 Å². The number of nitrogens with zero attached hydrogens (tertiary/aromatic N) is 2. The molecule has 136 valence electrons. The van der Waals surface area contributed by atoms with E-state index in [1.54, 1.807) is 12.1 Å². The SMILES string of the molecule is CC1CCN(C(=O)c2cccc(C(C(=O)O)N3CCSCC3)c2)CC1. The number of hydrogen-bond donors (Lipinski definition) is 1. The average molecular weight is 362 g/mol. The fourth-order valence-electron chi connectivity index (χ4n) is 3.58. The van der Waals surface area contributed by atoms with Gasteiger partial charge in [-0.2, -0.15) is 11.8 Å². The highest BCUT2D eigenvalue weighted by molar-refractivity contribution is 7.99. The van der Waals surface area contributed by atoms with Crippen molar-refractivity contribution in [3.8, 4) is 0 Å². The molecule has 1 amide bonds. The van der Waals surface area contributed by atoms with Crippen molar-refractivity contribution in [1.82, 2.24) is 9.80 Å². The van der Waals surface area contributed by atoms with E-state index in [0.29, 0.717) is 17.0 Å². The minimum atomic E-state index is -0.844. The maximum Gasteiger partial charge on any atom is 0.325 e. The molecule has 1 aromatic rings. The molecule has 2 aliphatic heterocycles. The molecular formula is C19H26N2O3S. The van der Waals surface area contributed by atoms with Crippen LogP contribution in [0.5, 0.6) is 0 Å². The van der Waals surface area contributed by atoms with Gasteiger partial charge in [-0.25, -0.2) is 0 Å². The van der Waals surface area contributed by atoms with Gasteiger partial charge in [-0.15, -0.1) is 0 Å². The van der Waals surface area contributed by atoms with Gasteiger partial charge in [0.05, 0.1) is 0 Å². The Hall–Kier alpha value is -1.53. The third kappa shape index (κ3) is 4.36. The van der Waals surface area contributed by atoms with Gasteiger partial charge < -0.3 is 10.0 Å². The van der Waals surface area contributed by atoms with Crippen LogP contribution >= 0.6 is 11.8 Å². The molecular weight excluding hydrogens is 336 g/mol. The minimum Gasteiger partial charge on any atom is -0.480 e. The fourth-order valence-corrected chi connectivity index (χ4v) is 4.51. The number of likely N-dealkylation sites (tertiary alicyclic amines) is 1. The van der Waals surface area contributed by atoms with Crippen molar-refractivity contribution in [3.63, 3.8) is 0 Å². The number of carboxylic acid groups (broad SMARTS) is 1. The van der Waals surface area contributed by atoms with Gasteiger partial charge in [0.1, 0.15) is 6.04 Å². The molecule has 0 bridgehead atoms. The maximum absolute atomic E-state index is 12.8. The summed E-state index contributed by atoms with van der Waals surface area (Å²) in [5.41, 5.74) is 1.31. The number of thioether (sulfide) groups is 1. The summed E-state index contributed by atoms with van der Waals surface area (Å²) in [5.74, 6) is 1.75. The Balaban J connectivity index is 1.79. The number of piperidine rings is 1. The molecule has 0 aromatic heterocycles. The van der Waals surface area contributed by atoms with Gasteiger partial charge in [-0.1, -0.05) is 19.1 Å². The van der Waals surface area contributed by atoms with E-state index in [1.165, 1.54) is 0 Å². The van der Waals surface area contributed by atoms with Crippen LogP contribution in [-0.4, -0.2) is 64.5 Å². The summed E-state index contributed by atoms with van der Waals surface area (Å²) in [6, 6.07) is 6.55. The van der Waals surface area contributed by atoms with Gasteiger partial charge in [0.25, 0.3) is 5.91 Å². The molecule has 1 N–H and O–H groups in total. The second kappa shape index (κ2) is 8.23.